The molecule has 1 heterocycles. The highest BCUT2D eigenvalue weighted by atomic mass is 15.1. The molecule has 0 aromatic carbocycles. The van der Waals surface area contributed by atoms with Crippen LogP contribution in [0.1, 0.15) is 19.3 Å². The van der Waals surface area contributed by atoms with Crippen molar-refractivity contribution in [2.75, 3.05) is 19.6 Å². The molecule has 0 aromatic heterocycles. The van der Waals surface area contributed by atoms with Crippen LogP contribution in [0.15, 0.2) is 0 Å². The fourth-order valence-corrected chi connectivity index (χ4v) is 1.29. The van der Waals surface area contributed by atoms with E-state index in [9.17, 15) is 0 Å². The first-order chi connectivity index (χ1) is 4.93. The molecule has 1 saturated heterocycles. The largest absolute Gasteiger partial charge is 0.292 e. The summed E-state index contributed by atoms with van der Waals surface area (Å²) >= 11 is 0. The predicted octanol–water partition coefficient (Wildman–Crippen LogP) is 1.31. The summed E-state index contributed by atoms with van der Waals surface area (Å²) in [6.07, 6.45) is 4.09. The first-order valence-corrected chi connectivity index (χ1v) is 3.91. The summed E-state index contributed by atoms with van der Waals surface area (Å²) < 4.78 is 0. The lowest BCUT2D eigenvalue weighted by Gasteiger charge is -2.23. The van der Waals surface area contributed by atoms with Crippen LogP contribution >= 0.6 is 0 Å². The molecule has 0 N–H and O–H groups in total. The van der Waals surface area contributed by atoms with Gasteiger partial charge in [-0.1, -0.05) is 12.3 Å². The molecule has 0 spiro atoms. The highest BCUT2D eigenvalue weighted by Crippen LogP contribution is 2.06. The van der Waals surface area contributed by atoms with Crippen molar-refractivity contribution in [1.29, 1.82) is 0 Å². The molecular weight excluding hydrogens is 122 g/mol. The number of hydrogen-bond donors (Lipinski definition) is 0. The van der Waals surface area contributed by atoms with Crippen LogP contribution in [0, 0.1) is 18.8 Å². The van der Waals surface area contributed by atoms with Gasteiger partial charge in [0.1, 0.15) is 0 Å². The summed E-state index contributed by atoms with van der Waals surface area (Å²) in [4.78, 5) is 2.39. The zero-order valence-corrected chi connectivity index (χ0v) is 6.40. The van der Waals surface area contributed by atoms with E-state index in [2.05, 4.69) is 23.7 Å². The van der Waals surface area contributed by atoms with Gasteiger partial charge in [0.2, 0.25) is 0 Å². The minimum atomic E-state index is 0.920. The first-order valence-electron chi connectivity index (χ1n) is 3.91. The molecular formula is C9H14N. The van der Waals surface area contributed by atoms with E-state index in [1.807, 2.05) is 0 Å². The topological polar surface area (TPSA) is 3.24 Å². The van der Waals surface area contributed by atoms with Crippen molar-refractivity contribution in [3.8, 4) is 11.8 Å². The maximum Gasteiger partial charge on any atom is 0.0601 e. The summed E-state index contributed by atoms with van der Waals surface area (Å²) in [6.45, 7) is 6.86. The van der Waals surface area contributed by atoms with Crippen molar-refractivity contribution < 1.29 is 0 Å². The Bertz CT molecular complexity index is 135. The molecule has 1 aliphatic rings. The van der Waals surface area contributed by atoms with Gasteiger partial charge in [-0.15, -0.1) is 5.92 Å². The minimum absolute atomic E-state index is 0.920. The fraction of sp³-hybridized carbons (Fsp3) is 0.667. The fourth-order valence-electron chi connectivity index (χ4n) is 1.29. The van der Waals surface area contributed by atoms with Crippen molar-refractivity contribution in [2.24, 2.45) is 0 Å². The zero-order chi connectivity index (χ0) is 7.23. The molecule has 0 amide bonds. The van der Waals surface area contributed by atoms with Crippen LogP contribution < -0.4 is 0 Å². The van der Waals surface area contributed by atoms with Crippen LogP contribution in [0.3, 0.4) is 0 Å². The van der Waals surface area contributed by atoms with Gasteiger partial charge in [-0.2, -0.15) is 0 Å². The molecule has 0 atom stereocenters. The van der Waals surface area contributed by atoms with Crippen molar-refractivity contribution in [3.05, 3.63) is 6.92 Å². The van der Waals surface area contributed by atoms with Gasteiger partial charge in [-0.25, -0.2) is 0 Å². The van der Waals surface area contributed by atoms with E-state index in [-0.39, 0.29) is 0 Å². The monoisotopic (exact) mass is 136 g/mol. The molecule has 1 radical (unpaired) electrons. The van der Waals surface area contributed by atoms with Crippen molar-refractivity contribution in [2.45, 2.75) is 19.3 Å². The Kier molecular flexibility index (Phi) is 3.32. The normalized spacial score (nSPS) is 19.7. The summed E-state index contributed by atoms with van der Waals surface area (Å²) in [5.41, 5.74) is 0. The Morgan fingerprint density at radius 1 is 1.20 bits per heavy atom. The average Bonchev–Trinajstić information content (AvgIpc) is 2.03. The van der Waals surface area contributed by atoms with E-state index in [1.54, 1.807) is 0 Å². The van der Waals surface area contributed by atoms with E-state index < -0.39 is 0 Å². The molecule has 0 bridgehead atoms. The van der Waals surface area contributed by atoms with Gasteiger partial charge in [-0.05, 0) is 25.9 Å². The van der Waals surface area contributed by atoms with Gasteiger partial charge >= 0.3 is 0 Å². The molecule has 0 unspecified atom stereocenters. The van der Waals surface area contributed by atoms with E-state index >= 15 is 0 Å². The Labute approximate surface area is 63.4 Å². The van der Waals surface area contributed by atoms with Gasteiger partial charge in [-0.3, -0.25) is 4.90 Å². The second-order valence-electron chi connectivity index (χ2n) is 2.69. The van der Waals surface area contributed by atoms with Gasteiger partial charge in [0.15, 0.2) is 0 Å². The Hall–Kier alpha value is -0.480. The lowest BCUT2D eigenvalue weighted by atomic mass is 10.1. The third-order valence-electron chi connectivity index (χ3n) is 1.88. The first kappa shape index (κ1) is 7.63. The van der Waals surface area contributed by atoms with Crippen molar-refractivity contribution in [1.82, 2.24) is 4.90 Å². The summed E-state index contributed by atoms with van der Waals surface area (Å²) in [5, 5.41) is 0. The second-order valence-corrected chi connectivity index (χ2v) is 2.69. The van der Waals surface area contributed by atoms with Gasteiger partial charge in [0.05, 0.1) is 6.54 Å². The number of hydrogen-bond acceptors (Lipinski definition) is 1. The molecule has 10 heavy (non-hydrogen) atoms. The number of piperidine rings is 1. The molecule has 1 rings (SSSR count). The van der Waals surface area contributed by atoms with E-state index in [1.165, 1.54) is 32.4 Å². The zero-order valence-electron chi connectivity index (χ0n) is 6.40. The van der Waals surface area contributed by atoms with Crippen LogP contribution in [0.2, 0.25) is 0 Å². The third kappa shape index (κ3) is 2.41. The lowest BCUT2D eigenvalue weighted by molar-refractivity contribution is 0.255. The van der Waals surface area contributed by atoms with Crippen LogP contribution in [0.25, 0.3) is 0 Å². The van der Waals surface area contributed by atoms with Crippen molar-refractivity contribution in [3.63, 3.8) is 0 Å². The molecule has 1 nitrogen and oxygen atoms in total. The molecule has 1 fully saturated rings. The summed E-state index contributed by atoms with van der Waals surface area (Å²) in [6, 6.07) is 0. The molecule has 1 heteroatoms. The molecule has 0 aromatic rings. The lowest BCUT2D eigenvalue weighted by Crippen LogP contribution is -2.29. The van der Waals surface area contributed by atoms with E-state index in [4.69, 9.17) is 0 Å². The average molecular weight is 136 g/mol. The Morgan fingerprint density at radius 2 is 1.90 bits per heavy atom. The number of rotatable bonds is 1. The maximum atomic E-state index is 3.48. The smallest absolute Gasteiger partial charge is 0.0601 e. The maximum absolute atomic E-state index is 3.48. The van der Waals surface area contributed by atoms with Crippen LogP contribution in [0.4, 0.5) is 0 Å². The van der Waals surface area contributed by atoms with Crippen LogP contribution in [0.5, 0.6) is 0 Å². The number of nitrogens with zero attached hydrogens (tertiary/aromatic N) is 1. The Morgan fingerprint density at radius 3 is 2.50 bits per heavy atom. The van der Waals surface area contributed by atoms with Gasteiger partial charge in [0.25, 0.3) is 0 Å². The third-order valence-corrected chi connectivity index (χ3v) is 1.88. The number of likely N-dealkylation sites (tertiary alicyclic amines) is 1. The molecule has 0 aliphatic carbocycles. The standard InChI is InChI=1S/C9H14N/c1-2-3-7-10-8-5-4-6-9-10/h1,4-9H2. The van der Waals surface area contributed by atoms with Crippen LogP contribution in [-0.4, -0.2) is 24.5 Å². The quantitative estimate of drug-likeness (QED) is 0.491. The molecule has 1 aliphatic heterocycles. The van der Waals surface area contributed by atoms with E-state index in [0.717, 1.165) is 6.54 Å². The van der Waals surface area contributed by atoms with Crippen LogP contribution in [-0.2, 0) is 0 Å². The predicted molar refractivity (Wildman–Crippen MR) is 43.4 cm³/mol. The van der Waals surface area contributed by atoms with E-state index in [0.29, 0.717) is 0 Å². The van der Waals surface area contributed by atoms with Crippen molar-refractivity contribution >= 4 is 0 Å². The SMILES string of the molecule is [CH2]C#CCN1CCCCC1. The summed E-state index contributed by atoms with van der Waals surface area (Å²) in [5.74, 6) is 5.66. The highest BCUT2D eigenvalue weighted by molar-refractivity contribution is 5.03. The van der Waals surface area contributed by atoms with Gasteiger partial charge < -0.3 is 0 Å². The Balaban J connectivity index is 2.17. The van der Waals surface area contributed by atoms with Gasteiger partial charge in [0, 0.05) is 6.92 Å². The molecule has 55 valence electrons. The second kappa shape index (κ2) is 4.35. The molecule has 0 saturated carbocycles. The highest BCUT2D eigenvalue weighted by Gasteiger charge is 2.06. The summed E-state index contributed by atoms with van der Waals surface area (Å²) in [7, 11) is 0. The minimum Gasteiger partial charge on any atom is -0.292 e.